The van der Waals surface area contributed by atoms with Crippen molar-refractivity contribution < 1.29 is 4.74 Å². The van der Waals surface area contributed by atoms with E-state index in [9.17, 15) is 0 Å². The van der Waals surface area contributed by atoms with E-state index in [0.717, 1.165) is 0 Å². The van der Waals surface area contributed by atoms with Crippen LogP contribution < -0.4 is 0 Å². The van der Waals surface area contributed by atoms with Crippen molar-refractivity contribution in [2.24, 2.45) is 0 Å². The molecule has 60 valence electrons. The maximum Gasteiger partial charge on any atom is 0.0550 e. The van der Waals surface area contributed by atoms with Crippen LogP contribution in [0.4, 0.5) is 0 Å². The summed E-state index contributed by atoms with van der Waals surface area (Å²) in [5.74, 6) is 0. The van der Waals surface area contributed by atoms with Gasteiger partial charge in [0.15, 0.2) is 0 Å². The van der Waals surface area contributed by atoms with E-state index in [1.807, 2.05) is 0 Å². The number of rotatable bonds is 0. The Morgan fingerprint density at radius 1 is 0.900 bits per heavy atom. The van der Waals surface area contributed by atoms with Crippen molar-refractivity contribution in [3.63, 3.8) is 0 Å². The third-order valence-electron chi connectivity index (χ3n) is 2.19. The summed E-state index contributed by atoms with van der Waals surface area (Å²) < 4.78 is 5.69. The molecule has 0 N–H and O–H groups in total. The average molecular weight is 142 g/mol. The molecular weight excluding hydrogens is 124 g/mol. The highest BCUT2D eigenvalue weighted by Gasteiger charge is 2.10. The average Bonchev–Trinajstić information content (AvgIpc) is 1.83. The molecule has 0 aromatic rings. The van der Waals surface area contributed by atoms with Gasteiger partial charge in [-0.3, -0.25) is 0 Å². The first-order valence-electron chi connectivity index (χ1n) is 4.44. The fraction of sp³-hybridized carbons (Fsp3) is 1.00. The van der Waals surface area contributed by atoms with E-state index < -0.39 is 0 Å². The first kappa shape index (κ1) is 8.06. The lowest BCUT2D eigenvalue weighted by Crippen LogP contribution is -2.18. The highest BCUT2D eigenvalue weighted by molar-refractivity contribution is 4.60. The molecule has 1 heterocycles. The minimum absolute atomic E-state index is 0.496. The number of hydrogen-bond acceptors (Lipinski definition) is 1. The Kier molecular flexibility index (Phi) is 3.20. The Hall–Kier alpha value is -0.0400. The molecule has 2 atom stereocenters. The van der Waals surface area contributed by atoms with E-state index in [1.165, 1.54) is 32.1 Å². The van der Waals surface area contributed by atoms with Gasteiger partial charge in [0.05, 0.1) is 12.2 Å². The van der Waals surface area contributed by atoms with Crippen LogP contribution in [0.15, 0.2) is 0 Å². The van der Waals surface area contributed by atoms with Crippen LogP contribution in [0.5, 0.6) is 0 Å². The lowest BCUT2D eigenvalue weighted by Gasteiger charge is -2.21. The van der Waals surface area contributed by atoms with Gasteiger partial charge in [-0.2, -0.15) is 0 Å². The summed E-state index contributed by atoms with van der Waals surface area (Å²) in [7, 11) is 0. The molecule has 1 aliphatic rings. The lowest BCUT2D eigenvalue weighted by molar-refractivity contribution is -0.00932. The van der Waals surface area contributed by atoms with Crippen LogP contribution in [-0.4, -0.2) is 12.2 Å². The van der Waals surface area contributed by atoms with Crippen LogP contribution in [0, 0.1) is 0 Å². The second kappa shape index (κ2) is 3.97. The van der Waals surface area contributed by atoms with E-state index in [4.69, 9.17) is 4.74 Å². The van der Waals surface area contributed by atoms with Gasteiger partial charge in [0, 0.05) is 0 Å². The topological polar surface area (TPSA) is 9.23 Å². The van der Waals surface area contributed by atoms with Crippen molar-refractivity contribution >= 4 is 0 Å². The molecule has 0 aromatic heterocycles. The van der Waals surface area contributed by atoms with Gasteiger partial charge in [0.1, 0.15) is 0 Å². The molecule has 1 fully saturated rings. The Bertz CT molecular complexity index is 80.7. The molecule has 0 amide bonds. The van der Waals surface area contributed by atoms with Gasteiger partial charge in [-0.15, -0.1) is 0 Å². The Balaban J connectivity index is 2.25. The second-order valence-corrected chi connectivity index (χ2v) is 3.40. The number of hydrogen-bond donors (Lipinski definition) is 0. The molecule has 10 heavy (non-hydrogen) atoms. The molecule has 0 radical (unpaired) electrons. The van der Waals surface area contributed by atoms with E-state index >= 15 is 0 Å². The largest absolute Gasteiger partial charge is 0.376 e. The van der Waals surface area contributed by atoms with Crippen LogP contribution >= 0.6 is 0 Å². The first-order chi connectivity index (χ1) is 4.79. The van der Waals surface area contributed by atoms with Crippen molar-refractivity contribution in [3.05, 3.63) is 0 Å². The highest BCUT2D eigenvalue weighted by atomic mass is 16.5. The van der Waals surface area contributed by atoms with Crippen molar-refractivity contribution in [1.29, 1.82) is 0 Å². The molecule has 0 aromatic carbocycles. The quantitative estimate of drug-likeness (QED) is 0.505. The zero-order valence-electron chi connectivity index (χ0n) is 7.10. The van der Waals surface area contributed by atoms with Crippen molar-refractivity contribution in [2.45, 2.75) is 58.2 Å². The van der Waals surface area contributed by atoms with Crippen LogP contribution in [0.1, 0.15) is 46.0 Å². The van der Waals surface area contributed by atoms with E-state index in [2.05, 4.69) is 13.8 Å². The molecule has 0 aliphatic carbocycles. The Labute approximate surface area is 63.8 Å². The molecule has 1 nitrogen and oxygen atoms in total. The maximum absolute atomic E-state index is 5.69. The van der Waals surface area contributed by atoms with Gasteiger partial charge in [-0.1, -0.05) is 19.3 Å². The molecule has 1 aliphatic heterocycles. The molecular formula is C9H18O. The van der Waals surface area contributed by atoms with E-state index in [0.29, 0.717) is 12.2 Å². The fourth-order valence-corrected chi connectivity index (χ4v) is 1.57. The molecule has 0 saturated carbocycles. The zero-order valence-corrected chi connectivity index (χ0v) is 7.10. The fourth-order valence-electron chi connectivity index (χ4n) is 1.57. The molecule has 1 heteroatoms. The summed E-state index contributed by atoms with van der Waals surface area (Å²) in [6.45, 7) is 4.36. The smallest absolute Gasteiger partial charge is 0.0550 e. The molecule has 0 bridgehead atoms. The SMILES string of the molecule is C[C@@H]1CCCCC[C@H](C)O1. The van der Waals surface area contributed by atoms with Gasteiger partial charge in [0.25, 0.3) is 0 Å². The van der Waals surface area contributed by atoms with Gasteiger partial charge in [-0.05, 0) is 26.7 Å². The zero-order chi connectivity index (χ0) is 7.40. The predicted molar refractivity (Wildman–Crippen MR) is 43.1 cm³/mol. The molecule has 1 rings (SSSR count). The summed E-state index contributed by atoms with van der Waals surface area (Å²) in [4.78, 5) is 0. The van der Waals surface area contributed by atoms with Crippen molar-refractivity contribution in [2.75, 3.05) is 0 Å². The monoisotopic (exact) mass is 142 g/mol. The van der Waals surface area contributed by atoms with Crippen molar-refractivity contribution in [1.82, 2.24) is 0 Å². The third kappa shape index (κ3) is 2.70. The Morgan fingerprint density at radius 2 is 1.40 bits per heavy atom. The number of ether oxygens (including phenoxy) is 1. The summed E-state index contributed by atoms with van der Waals surface area (Å²) in [5, 5.41) is 0. The summed E-state index contributed by atoms with van der Waals surface area (Å²) in [5.41, 5.74) is 0. The first-order valence-corrected chi connectivity index (χ1v) is 4.44. The molecule has 0 unspecified atom stereocenters. The maximum atomic E-state index is 5.69. The second-order valence-electron chi connectivity index (χ2n) is 3.40. The summed E-state index contributed by atoms with van der Waals surface area (Å²) in [6.07, 6.45) is 7.61. The minimum Gasteiger partial charge on any atom is -0.376 e. The van der Waals surface area contributed by atoms with Gasteiger partial charge < -0.3 is 4.74 Å². The van der Waals surface area contributed by atoms with E-state index in [-0.39, 0.29) is 0 Å². The third-order valence-corrected chi connectivity index (χ3v) is 2.19. The van der Waals surface area contributed by atoms with Gasteiger partial charge >= 0.3 is 0 Å². The van der Waals surface area contributed by atoms with Crippen molar-refractivity contribution in [3.8, 4) is 0 Å². The van der Waals surface area contributed by atoms with E-state index in [1.54, 1.807) is 0 Å². The minimum atomic E-state index is 0.496. The van der Waals surface area contributed by atoms with Crippen LogP contribution in [-0.2, 0) is 4.74 Å². The summed E-state index contributed by atoms with van der Waals surface area (Å²) >= 11 is 0. The molecule has 0 spiro atoms. The normalized spacial score (nSPS) is 36.6. The molecule has 1 saturated heterocycles. The summed E-state index contributed by atoms with van der Waals surface area (Å²) in [6, 6.07) is 0. The standard InChI is InChI=1S/C9H18O/c1-8-6-4-3-5-7-9(2)10-8/h8-9H,3-7H2,1-2H3/t8-,9+. The van der Waals surface area contributed by atoms with Gasteiger partial charge in [-0.25, -0.2) is 0 Å². The highest BCUT2D eigenvalue weighted by Crippen LogP contribution is 2.16. The van der Waals surface area contributed by atoms with Crippen LogP contribution in [0.2, 0.25) is 0 Å². The van der Waals surface area contributed by atoms with Gasteiger partial charge in [0.2, 0.25) is 0 Å². The lowest BCUT2D eigenvalue weighted by atomic mass is 10.1. The van der Waals surface area contributed by atoms with Crippen LogP contribution in [0.25, 0.3) is 0 Å². The van der Waals surface area contributed by atoms with Crippen LogP contribution in [0.3, 0.4) is 0 Å². The predicted octanol–water partition coefficient (Wildman–Crippen LogP) is 2.74. The Morgan fingerprint density at radius 3 is 1.90 bits per heavy atom.